The van der Waals surface area contributed by atoms with Gasteiger partial charge < -0.3 is 0 Å². The molecule has 0 atom stereocenters. The van der Waals surface area contributed by atoms with Crippen LogP contribution in [0.4, 0.5) is 0 Å². The summed E-state index contributed by atoms with van der Waals surface area (Å²) in [7, 11) is 0. The maximum Gasteiger partial charge on any atom is 0.179 e. The number of hydrogen-bond donors (Lipinski definition) is 0. The first kappa shape index (κ1) is 14.5. The van der Waals surface area contributed by atoms with E-state index in [1.165, 1.54) is 52.6 Å². The number of nitrogens with zero attached hydrogens (tertiary/aromatic N) is 3. The molecule has 0 fully saturated rings. The van der Waals surface area contributed by atoms with Crippen molar-refractivity contribution < 1.29 is 0 Å². The highest BCUT2D eigenvalue weighted by Gasteiger charge is 2.19. The van der Waals surface area contributed by atoms with Gasteiger partial charge in [0, 0.05) is 26.2 Å². The molecule has 0 saturated heterocycles. The first-order valence-electron chi connectivity index (χ1n) is 9.28. The Labute approximate surface area is 163 Å². The predicted molar refractivity (Wildman–Crippen MR) is 118 cm³/mol. The van der Waals surface area contributed by atoms with Gasteiger partial charge in [0.15, 0.2) is 5.65 Å². The molecule has 0 radical (unpaired) electrons. The van der Waals surface area contributed by atoms with Gasteiger partial charge in [-0.25, -0.2) is 0 Å². The minimum Gasteiger partial charge on any atom is -0.280 e. The largest absolute Gasteiger partial charge is 0.280 e. The summed E-state index contributed by atoms with van der Waals surface area (Å²) in [5, 5.41) is 17.7. The van der Waals surface area contributed by atoms with Gasteiger partial charge in [0.25, 0.3) is 0 Å². The monoisotopic (exact) mass is 375 g/mol. The van der Waals surface area contributed by atoms with Crippen molar-refractivity contribution in [3.05, 3.63) is 79.1 Å². The summed E-state index contributed by atoms with van der Waals surface area (Å²) in [6.45, 7) is 0. The van der Waals surface area contributed by atoms with Crippen molar-refractivity contribution in [3.63, 3.8) is 0 Å². The molecule has 7 aromatic rings. The molecule has 0 N–H and O–H groups in total. The zero-order valence-electron chi connectivity index (χ0n) is 14.8. The molecule has 0 spiro atoms. The Hall–Kier alpha value is -3.50. The Bertz CT molecular complexity index is 1720. The van der Waals surface area contributed by atoms with Crippen LogP contribution in [0.15, 0.2) is 79.1 Å². The second-order valence-electron chi connectivity index (χ2n) is 7.14. The number of hydrogen-bond acceptors (Lipinski definition) is 3. The molecule has 0 amide bonds. The third-order valence-electron chi connectivity index (χ3n) is 5.74. The molecule has 3 aromatic heterocycles. The smallest absolute Gasteiger partial charge is 0.179 e. The van der Waals surface area contributed by atoms with Crippen molar-refractivity contribution in [1.29, 1.82) is 0 Å². The lowest BCUT2D eigenvalue weighted by atomic mass is 9.94. The lowest BCUT2D eigenvalue weighted by Crippen LogP contribution is -1.92. The zero-order valence-corrected chi connectivity index (χ0v) is 15.6. The molecule has 4 heteroatoms. The summed E-state index contributed by atoms with van der Waals surface area (Å²) in [6, 6.07) is 26.0. The predicted octanol–water partition coefficient (Wildman–Crippen LogP) is 6.56. The minimum atomic E-state index is 0.934. The van der Waals surface area contributed by atoms with Crippen LogP contribution in [-0.2, 0) is 0 Å². The minimum absolute atomic E-state index is 0.934. The van der Waals surface area contributed by atoms with Crippen LogP contribution in [0.25, 0.3) is 58.3 Å². The summed E-state index contributed by atoms with van der Waals surface area (Å²) in [5.41, 5.74) is 2.12. The quantitative estimate of drug-likeness (QED) is 0.281. The van der Waals surface area contributed by atoms with E-state index >= 15 is 0 Å². The number of fused-ring (bicyclic) bond motifs is 13. The lowest BCUT2D eigenvalue weighted by Gasteiger charge is -2.13. The van der Waals surface area contributed by atoms with Crippen LogP contribution in [0.2, 0.25) is 0 Å². The van der Waals surface area contributed by atoms with Gasteiger partial charge in [0.2, 0.25) is 0 Å². The zero-order chi connectivity index (χ0) is 18.2. The first-order valence-corrected chi connectivity index (χ1v) is 10.1. The summed E-state index contributed by atoms with van der Waals surface area (Å²) < 4.78 is 4.65. The molecule has 3 nitrogen and oxygen atoms in total. The fraction of sp³-hybridized carbons (Fsp3) is 0. The van der Waals surface area contributed by atoms with Gasteiger partial charge in [-0.2, -0.15) is 0 Å². The van der Waals surface area contributed by atoms with Crippen molar-refractivity contribution in [2.24, 2.45) is 0 Å². The molecular formula is C24H13N3S. The molecule has 28 heavy (non-hydrogen) atoms. The van der Waals surface area contributed by atoms with E-state index in [2.05, 4.69) is 87.4 Å². The van der Waals surface area contributed by atoms with Crippen molar-refractivity contribution in [3.8, 4) is 0 Å². The molecule has 0 aliphatic rings. The maximum atomic E-state index is 4.50. The van der Waals surface area contributed by atoms with Crippen LogP contribution in [0.3, 0.4) is 0 Å². The molecule has 0 unspecified atom stereocenters. The molecule has 0 aliphatic heterocycles. The third-order valence-corrected chi connectivity index (χ3v) is 6.91. The molecule has 130 valence electrons. The average Bonchev–Trinajstić information content (AvgIpc) is 3.38. The van der Waals surface area contributed by atoms with Crippen LogP contribution in [0.5, 0.6) is 0 Å². The van der Waals surface area contributed by atoms with Crippen molar-refractivity contribution in [2.75, 3.05) is 0 Å². The van der Waals surface area contributed by atoms with Gasteiger partial charge >= 0.3 is 0 Å². The molecule has 0 saturated carbocycles. The van der Waals surface area contributed by atoms with Crippen molar-refractivity contribution >= 4 is 69.6 Å². The Balaban J connectivity index is 2.00. The molecule has 3 heterocycles. The summed E-state index contributed by atoms with van der Waals surface area (Å²) in [5.74, 6) is 0. The van der Waals surface area contributed by atoms with E-state index in [1.807, 2.05) is 6.33 Å². The molecule has 7 rings (SSSR count). The van der Waals surface area contributed by atoms with Crippen LogP contribution >= 0.6 is 11.3 Å². The maximum absolute atomic E-state index is 4.50. The van der Waals surface area contributed by atoms with Gasteiger partial charge in [-0.3, -0.25) is 4.40 Å². The van der Waals surface area contributed by atoms with E-state index in [1.54, 1.807) is 11.3 Å². The summed E-state index contributed by atoms with van der Waals surface area (Å²) in [4.78, 5) is 0. The number of pyridine rings is 1. The lowest BCUT2D eigenvalue weighted by molar-refractivity contribution is 1.11. The van der Waals surface area contributed by atoms with Crippen molar-refractivity contribution in [2.45, 2.75) is 0 Å². The van der Waals surface area contributed by atoms with Crippen LogP contribution in [-0.4, -0.2) is 14.6 Å². The third kappa shape index (κ3) is 1.65. The number of benzene rings is 4. The van der Waals surface area contributed by atoms with Crippen LogP contribution in [0, 0.1) is 0 Å². The molecule has 0 bridgehead atoms. The van der Waals surface area contributed by atoms with Gasteiger partial charge in [-0.1, -0.05) is 66.7 Å². The van der Waals surface area contributed by atoms with Crippen LogP contribution < -0.4 is 0 Å². The Morgan fingerprint density at radius 2 is 1.29 bits per heavy atom. The highest BCUT2D eigenvalue weighted by atomic mass is 32.1. The highest BCUT2D eigenvalue weighted by molar-refractivity contribution is 7.26. The second kappa shape index (κ2) is 5.06. The topological polar surface area (TPSA) is 30.2 Å². The Kier molecular flexibility index (Phi) is 2.63. The summed E-state index contributed by atoms with van der Waals surface area (Å²) >= 11 is 1.80. The van der Waals surface area contributed by atoms with E-state index in [-0.39, 0.29) is 0 Å². The summed E-state index contributed by atoms with van der Waals surface area (Å²) in [6.07, 6.45) is 1.85. The number of rotatable bonds is 0. The van der Waals surface area contributed by atoms with E-state index < -0.39 is 0 Å². The fourth-order valence-electron chi connectivity index (χ4n) is 4.63. The number of aromatic nitrogens is 3. The first-order chi connectivity index (χ1) is 13.9. The normalized spacial score (nSPS) is 12.3. The van der Waals surface area contributed by atoms with Crippen LogP contribution in [0.1, 0.15) is 0 Å². The van der Waals surface area contributed by atoms with E-state index in [4.69, 9.17) is 0 Å². The molecular weight excluding hydrogens is 362 g/mol. The van der Waals surface area contributed by atoms with E-state index in [0.717, 1.165) is 5.65 Å². The van der Waals surface area contributed by atoms with Gasteiger partial charge in [-0.05, 0) is 22.2 Å². The van der Waals surface area contributed by atoms with E-state index in [9.17, 15) is 0 Å². The van der Waals surface area contributed by atoms with Gasteiger partial charge in [0.05, 0.1) is 10.2 Å². The molecule has 0 aliphatic carbocycles. The molecule has 4 aromatic carbocycles. The van der Waals surface area contributed by atoms with Gasteiger partial charge in [-0.15, -0.1) is 21.5 Å². The number of thiophene rings is 1. The Morgan fingerprint density at radius 3 is 2.11 bits per heavy atom. The Morgan fingerprint density at radius 1 is 0.643 bits per heavy atom. The van der Waals surface area contributed by atoms with Gasteiger partial charge in [0.1, 0.15) is 6.33 Å². The highest BCUT2D eigenvalue weighted by Crippen LogP contribution is 2.45. The van der Waals surface area contributed by atoms with E-state index in [0.29, 0.717) is 0 Å². The SMILES string of the molecule is c1ccc2c(c1)sc1c2c2c3ccccc3c3ccccc3c2n2cnnc12. The standard InChI is InChI=1S/C24H13N3S/c1-3-9-16-14(7-1)15-8-2-4-10-17(15)22-20(16)21-18-11-5-6-12-19(18)28-23(21)24-26-25-13-27(22)24/h1-13H. The second-order valence-corrected chi connectivity index (χ2v) is 8.19. The fourth-order valence-corrected chi connectivity index (χ4v) is 5.82. The average molecular weight is 375 g/mol. The van der Waals surface area contributed by atoms with Crippen molar-refractivity contribution in [1.82, 2.24) is 14.6 Å².